The summed E-state index contributed by atoms with van der Waals surface area (Å²) in [6.07, 6.45) is 3.57. The smallest absolute Gasteiger partial charge is 0.303 e. The predicted molar refractivity (Wildman–Crippen MR) is 133 cm³/mol. The molecule has 0 radical (unpaired) electrons. The third-order valence-corrected chi connectivity index (χ3v) is 5.69. The molecule has 1 amide bonds. The lowest BCUT2D eigenvalue weighted by atomic mass is 9.90. The highest BCUT2D eigenvalue weighted by Crippen LogP contribution is 2.37. The summed E-state index contributed by atoms with van der Waals surface area (Å²) < 4.78 is 0. The van der Waals surface area contributed by atoms with Crippen molar-refractivity contribution >= 4 is 29.0 Å². The summed E-state index contributed by atoms with van der Waals surface area (Å²) >= 11 is 0. The van der Waals surface area contributed by atoms with Crippen molar-refractivity contribution in [2.24, 2.45) is 4.99 Å². The second-order valence-electron chi connectivity index (χ2n) is 8.71. The van der Waals surface area contributed by atoms with E-state index in [1.165, 1.54) is 0 Å². The molecule has 8 heteroatoms. The number of hydrogen-bond acceptors (Lipinski definition) is 6. The zero-order valence-corrected chi connectivity index (χ0v) is 19.5. The molecule has 0 bridgehead atoms. The predicted octanol–water partition coefficient (Wildman–Crippen LogP) is 3.89. The highest BCUT2D eigenvalue weighted by molar-refractivity contribution is 6.24. The van der Waals surface area contributed by atoms with E-state index >= 15 is 0 Å². The second kappa shape index (κ2) is 10.3. The number of carbonyl (C=O) groups is 2. The first-order valence-corrected chi connectivity index (χ1v) is 11.2. The molecule has 0 spiro atoms. The van der Waals surface area contributed by atoms with Gasteiger partial charge in [-0.25, -0.2) is 0 Å². The molecule has 1 aliphatic rings. The van der Waals surface area contributed by atoms with Crippen molar-refractivity contribution in [1.29, 1.82) is 5.26 Å². The third kappa shape index (κ3) is 5.60. The zero-order valence-electron chi connectivity index (χ0n) is 19.5. The maximum Gasteiger partial charge on any atom is 0.303 e. The summed E-state index contributed by atoms with van der Waals surface area (Å²) in [5, 5.41) is 21.2. The van der Waals surface area contributed by atoms with Gasteiger partial charge >= 0.3 is 5.97 Å². The van der Waals surface area contributed by atoms with Gasteiger partial charge in [-0.3, -0.25) is 19.6 Å². The summed E-state index contributed by atoms with van der Waals surface area (Å²) in [5.74, 6) is -1.83. The number of rotatable bonds is 8. The molecule has 3 aromatic rings. The number of carbonyl (C=O) groups excluding carboxylic acids is 1. The Balaban J connectivity index is 1.79. The lowest BCUT2D eigenvalue weighted by molar-refractivity contribution is -0.137. The van der Waals surface area contributed by atoms with Crippen LogP contribution in [0.1, 0.15) is 40.2 Å². The Labute approximate surface area is 203 Å². The van der Waals surface area contributed by atoms with Crippen LogP contribution in [0.25, 0.3) is 0 Å². The number of nitrogens with zero attached hydrogens (tertiary/aromatic N) is 4. The van der Waals surface area contributed by atoms with E-state index in [2.05, 4.69) is 21.3 Å². The SMILES string of the molecule is CN(C)Cc1ccc(N=C(c2cncc(CCC(=O)O)c2)C2C(=O)Nc3cc(C#N)ccc32)cc1. The van der Waals surface area contributed by atoms with E-state index in [-0.39, 0.29) is 12.3 Å². The van der Waals surface area contributed by atoms with Crippen LogP contribution < -0.4 is 5.32 Å². The number of aromatic nitrogens is 1. The summed E-state index contributed by atoms with van der Waals surface area (Å²) in [5.41, 5.74) is 5.50. The monoisotopic (exact) mass is 467 g/mol. The van der Waals surface area contributed by atoms with Crippen LogP contribution in [0.15, 0.2) is 65.9 Å². The van der Waals surface area contributed by atoms with E-state index in [4.69, 9.17) is 10.1 Å². The van der Waals surface area contributed by atoms with Crippen LogP contribution in [0, 0.1) is 11.3 Å². The van der Waals surface area contributed by atoms with Crippen molar-refractivity contribution in [2.45, 2.75) is 25.3 Å². The van der Waals surface area contributed by atoms with Gasteiger partial charge in [0, 0.05) is 36.6 Å². The Morgan fingerprint density at radius 3 is 2.60 bits per heavy atom. The molecule has 2 heterocycles. The quantitative estimate of drug-likeness (QED) is 0.485. The van der Waals surface area contributed by atoms with Gasteiger partial charge in [0.05, 0.1) is 23.0 Å². The molecule has 0 aliphatic carbocycles. The third-order valence-electron chi connectivity index (χ3n) is 5.69. The van der Waals surface area contributed by atoms with Crippen LogP contribution in [0.4, 0.5) is 11.4 Å². The van der Waals surface area contributed by atoms with E-state index in [1.807, 2.05) is 44.4 Å². The van der Waals surface area contributed by atoms with Crippen LogP contribution >= 0.6 is 0 Å². The van der Waals surface area contributed by atoms with Crippen LogP contribution in [0.5, 0.6) is 0 Å². The van der Waals surface area contributed by atoms with Gasteiger partial charge in [-0.2, -0.15) is 5.26 Å². The van der Waals surface area contributed by atoms with Crippen molar-refractivity contribution in [2.75, 3.05) is 19.4 Å². The topological polar surface area (TPSA) is 119 Å². The number of carboxylic acids is 1. The van der Waals surface area contributed by atoms with E-state index in [9.17, 15) is 14.9 Å². The maximum atomic E-state index is 13.1. The molecule has 176 valence electrons. The molecule has 35 heavy (non-hydrogen) atoms. The molecule has 8 nitrogen and oxygen atoms in total. The lowest BCUT2D eigenvalue weighted by Gasteiger charge is -2.15. The minimum absolute atomic E-state index is 0.0192. The first kappa shape index (κ1) is 23.8. The van der Waals surface area contributed by atoms with Crippen LogP contribution in [0.3, 0.4) is 0 Å². The van der Waals surface area contributed by atoms with Gasteiger partial charge in [0.15, 0.2) is 0 Å². The Hall–Kier alpha value is -4.35. The Morgan fingerprint density at radius 1 is 1.14 bits per heavy atom. The molecular weight excluding hydrogens is 442 g/mol. The summed E-state index contributed by atoms with van der Waals surface area (Å²) in [4.78, 5) is 35.4. The number of fused-ring (bicyclic) bond motifs is 1. The van der Waals surface area contributed by atoms with Crippen molar-refractivity contribution in [1.82, 2.24) is 9.88 Å². The Kier molecular flexibility index (Phi) is 6.99. The highest BCUT2D eigenvalue weighted by atomic mass is 16.4. The minimum atomic E-state index is -0.889. The number of nitrogens with one attached hydrogen (secondary N) is 1. The van der Waals surface area contributed by atoms with E-state index in [0.29, 0.717) is 34.6 Å². The lowest BCUT2D eigenvalue weighted by Crippen LogP contribution is -2.22. The number of benzene rings is 2. The van der Waals surface area contributed by atoms with Gasteiger partial charge < -0.3 is 15.3 Å². The molecule has 2 N–H and O–H groups in total. The number of anilines is 1. The number of nitriles is 1. The zero-order chi connectivity index (χ0) is 24.9. The molecular formula is C27H25N5O3. The molecule has 4 rings (SSSR count). The Morgan fingerprint density at radius 2 is 1.91 bits per heavy atom. The van der Waals surface area contributed by atoms with Gasteiger partial charge in [-0.1, -0.05) is 18.2 Å². The van der Waals surface area contributed by atoms with Gasteiger partial charge in [0.1, 0.15) is 5.92 Å². The normalized spacial score (nSPS) is 15.0. The van der Waals surface area contributed by atoms with Gasteiger partial charge in [-0.15, -0.1) is 0 Å². The highest BCUT2D eigenvalue weighted by Gasteiger charge is 2.35. The first-order chi connectivity index (χ1) is 16.8. The molecule has 0 fully saturated rings. The molecule has 0 saturated heterocycles. The number of aryl methyl sites for hydroxylation is 1. The van der Waals surface area contributed by atoms with Crippen LogP contribution in [-0.4, -0.2) is 46.7 Å². The number of aliphatic carboxylic acids is 1. The fourth-order valence-electron chi connectivity index (χ4n) is 4.09. The number of hydrogen-bond donors (Lipinski definition) is 2. The minimum Gasteiger partial charge on any atom is -0.481 e. The molecule has 1 atom stereocenters. The van der Waals surface area contributed by atoms with Crippen molar-refractivity contribution in [3.8, 4) is 6.07 Å². The summed E-state index contributed by atoms with van der Waals surface area (Å²) in [7, 11) is 4.00. The fraction of sp³-hybridized carbons (Fsp3) is 0.222. The van der Waals surface area contributed by atoms with E-state index < -0.39 is 11.9 Å². The van der Waals surface area contributed by atoms with Crippen molar-refractivity contribution < 1.29 is 14.7 Å². The summed E-state index contributed by atoms with van der Waals surface area (Å²) in [6, 6.07) is 16.9. The first-order valence-electron chi connectivity index (χ1n) is 11.2. The molecule has 1 unspecified atom stereocenters. The molecule has 0 saturated carbocycles. The van der Waals surface area contributed by atoms with Crippen LogP contribution in [0.2, 0.25) is 0 Å². The second-order valence-corrected chi connectivity index (χ2v) is 8.71. The van der Waals surface area contributed by atoms with E-state index in [1.54, 1.807) is 30.6 Å². The maximum absolute atomic E-state index is 13.1. The summed E-state index contributed by atoms with van der Waals surface area (Å²) in [6.45, 7) is 0.798. The average Bonchev–Trinajstić information content (AvgIpc) is 3.16. The average molecular weight is 468 g/mol. The largest absolute Gasteiger partial charge is 0.481 e. The number of aliphatic imine (C=N–C) groups is 1. The molecule has 1 aromatic heterocycles. The molecule has 1 aliphatic heterocycles. The Bertz CT molecular complexity index is 1340. The van der Waals surface area contributed by atoms with Gasteiger partial charge in [-0.05, 0) is 67.5 Å². The van der Waals surface area contributed by atoms with Crippen LogP contribution in [-0.2, 0) is 22.6 Å². The van der Waals surface area contributed by atoms with E-state index in [0.717, 1.165) is 23.2 Å². The fourth-order valence-corrected chi connectivity index (χ4v) is 4.09. The number of amides is 1. The van der Waals surface area contributed by atoms with Gasteiger partial charge in [0.2, 0.25) is 5.91 Å². The molecule has 2 aromatic carbocycles. The van der Waals surface area contributed by atoms with Crippen molar-refractivity contribution in [3.05, 3.63) is 88.7 Å². The number of carboxylic acid groups (broad SMARTS) is 1. The van der Waals surface area contributed by atoms with Crippen molar-refractivity contribution in [3.63, 3.8) is 0 Å². The number of pyridine rings is 1. The van der Waals surface area contributed by atoms with Gasteiger partial charge in [0.25, 0.3) is 0 Å². The standard InChI is InChI=1S/C27H25N5O3/c1-32(2)16-17-3-7-21(8-4-17)30-26(20-11-19(14-29-15-20)6-10-24(33)34)25-22-9-5-18(13-28)12-23(22)31-27(25)35/h3-5,7-9,11-12,14-15,25H,6,10,16H2,1-2H3,(H,31,35)(H,33,34).